The molecule has 0 bridgehead atoms. The topological polar surface area (TPSA) is 70.2 Å². The average Bonchev–Trinajstić information content (AvgIpc) is 2.74. The highest BCUT2D eigenvalue weighted by Gasteiger charge is 2.10. The first-order valence-corrected chi connectivity index (χ1v) is 10.0. The van der Waals surface area contributed by atoms with Crippen molar-refractivity contribution >= 4 is 29.0 Å². The maximum absolute atomic E-state index is 12.3. The van der Waals surface area contributed by atoms with Crippen molar-refractivity contribution in [3.05, 3.63) is 60.2 Å². The molecule has 0 atom stereocenters. The largest absolute Gasteiger partial charge is 0.361 e. The number of carbonyl (C=O) groups excluding carboxylic acids is 2. The molecule has 0 heterocycles. The van der Waals surface area contributed by atoms with E-state index in [-0.39, 0.29) is 24.5 Å². The number of hydrogen-bond acceptors (Lipinski definition) is 3. The molecule has 2 aromatic rings. The summed E-state index contributed by atoms with van der Waals surface area (Å²) in [5.41, 5.74) is 7.94. The van der Waals surface area contributed by atoms with Crippen LogP contribution < -0.4 is 16.2 Å². The zero-order chi connectivity index (χ0) is 20.2. The summed E-state index contributed by atoms with van der Waals surface area (Å²) in [6.45, 7) is 2.91. The van der Waals surface area contributed by atoms with Gasteiger partial charge in [-0.25, -0.2) is 0 Å². The van der Waals surface area contributed by atoms with Crippen LogP contribution in [-0.2, 0) is 4.79 Å². The summed E-state index contributed by atoms with van der Waals surface area (Å²) < 4.78 is 0. The molecule has 28 heavy (non-hydrogen) atoms. The van der Waals surface area contributed by atoms with Crippen LogP contribution in [0.1, 0.15) is 49.4 Å². The van der Waals surface area contributed by atoms with Gasteiger partial charge in [0.2, 0.25) is 5.91 Å². The Bertz CT molecular complexity index is 776. The van der Waals surface area contributed by atoms with Gasteiger partial charge in [0.15, 0.2) is 10.9 Å². The summed E-state index contributed by atoms with van der Waals surface area (Å²) >= 11 is 5.08. The molecule has 148 valence electrons. The van der Waals surface area contributed by atoms with Crippen LogP contribution in [0.2, 0.25) is 0 Å². The minimum Gasteiger partial charge on any atom is -0.361 e. The molecule has 0 radical (unpaired) electrons. The molecule has 6 heteroatoms. The molecule has 1 amide bonds. The zero-order valence-electron chi connectivity index (χ0n) is 16.2. The standard InChI is InChI=1S/C22H27N3O2S/c1-2-3-7-16-23-22(28)25-24-21(27)15-14-20(26)19-12-10-18(11-13-19)17-8-5-4-6-9-17/h4-6,8-13H,2-3,7,14-16H2,1H3,(H,24,27)(H2,23,25,28). The molecule has 0 aromatic heterocycles. The van der Waals surface area contributed by atoms with Crippen LogP contribution in [-0.4, -0.2) is 23.3 Å². The van der Waals surface area contributed by atoms with E-state index in [0.717, 1.165) is 36.9 Å². The normalized spacial score (nSPS) is 10.2. The van der Waals surface area contributed by atoms with Crippen molar-refractivity contribution in [2.45, 2.75) is 39.0 Å². The summed E-state index contributed by atoms with van der Waals surface area (Å²) in [5.74, 6) is -0.331. The molecule has 0 aliphatic carbocycles. The predicted molar refractivity (Wildman–Crippen MR) is 117 cm³/mol. The third-order valence-electron chi connectivity index (χ3n) is 4.27. The number of carbonyl (C=O) groups is 2. The Kier molecular flexibility index (Phi) is 9.15. The van der Waals surface area contributed by atoms with Gasteiger partial charge in [0.25, 0.3) is 0 Å². The molecule has 0 aliphatic rings. The van der Waals surface area contributed by atoms with E-state index >= 15 is 0 Å². The number of ketones is 1. The minimum atomic E-state index is -0.271. The number of hydrogen-bond donors (Lipinski definition) is 3. The van der Waals surface area contributed by atoms with E-state index in [1.807, 2.05) is 42.5 Å². The van der Waals surface area contributed by atoms with Gasteiger partial charge in [-0.3, -0.25) is 20.4 Å². The number of unbranched alkanes of at least 4 members (excludes halogenated alkanes) is 2. The molecule has 0 spiro atoms. The molecule has 0 fully saturated rings. The number of benzene rings is 2. The number of rotatable bonds is 9. The molecule has 3 N–H and O–H groups in total. The summed E-state index contributed by atoms with van der Waals surface area (Å²) in [7, 11) is 0. The van der Waals surface area contributed by atoms with Gasteiger partial charge in [-0.15, -0.1) is 0 Å². The highest BCUT2D eigenvalue weighted by molar-refractivity contribution is 7.80. The lowest BCUT2D eigenvalue weighted by Gasteiger charge is -2.11. The Morgan fingerprint density at radius 2 is 1.54 bits per heavy atom. The van der Waals surface area contributed by atoms with Crippen LogP contribution in [0.5, 0.6) is 0 Å². The zero-order valence-corrected chi connectivity index (χ0v) is 17.0. The van der Waals surface area contributed by atoms with Crippen LogP contribution in [0.4, 0.5) is 0 Å². The van der Waals surface area contributed by atoms with E-state index in [1.54, 1.807) is 12.1 Å². The van der Waals surface area contributed by atoms with E-state index in [9.17, 15) is 9.59 Å². The van der Waals surface area contributed by atoms with Gasteiger partial charge in [0.05, 0.1) is 0 Å². The first kappa shape index (κ1) is 21.6. The van der Waals surface area contributed by atoms with E-state index in [2.05, 4.69) is 23.1 Å². The van der Waals surface area contributed by atoms with Crippen LogP contribution >= 0.6 is 12.2 Å². The van der Waals surface area contributed by atoms with Crippen molar-refractivity contribution in [1.82, 2.24) is 16.2 Å². The first-order chi connectivity index (χ1) is 13.6. The van der Waals surface area contributed by atoms with Crippen molar-refractivity contribution < 1.29 is 9.59 Å². The molecule has 0 aliphatic heterocycles. The van der Waals surface area contributed by atoms with Crippen molar-refractivity contribution in [3.63, 3.8) is 0 Å². The maximum Gasteiger partial charge on any atom is 0.238 e. The Morgan fingerprint density at radius 3 is 2.21 bits per heavy atom. The monoisotopic (exact) mass is 397 g/mol. The fourth-order valence-electron chi connectivity index (χ4n) is 2.66. The number of hydrazine groups is 1. The second-order valence-corrected chi connectivity index (χ2v) is 6.91. The molecule has 0 saturated heterocycles. The van der Waals surface area contributed by atoms with Gasteiger partial charge in [-0.1, -0.05) is 74.4 Å². The Labute approximate surface area is 171 Å². The molecular formula is C22H27N3O2S. The Balaban J connectivity index is 1.71. The third-order valence-corrected chi connectivity index (χ3v) is 4.52. The van der Waals surface area contributed by atoms with Gasteiger partial charge >= 0.3 is 0 Å². The molecule has 0 saturated carbocycles. The van der Waals surface area contributed by atoms with Crippen molar-refractivity contribution in [3.8, 4) is 11.1 Å². The first-order valence-electron chi connectivity index (χ1n) is 9.61. The van der Waals surface area contributed by atoms with E-state index < -0.39 is 0 Å². The van der Waals surface area contributed by atoms with Crippen LogP contribution in [0.3, 0.4) is 0 Å². The van der Waals surface area contributed by atoms with E-state index in [4.69, 9.17) is 12.2 Å². The van der Waals surface area contributed by atoms with Gasteiger partial charge < -0.3 is 5.32 Å². The lowest BCUT2D eigenvalue weighted by Crippen LogP contribution is -2.47. The molecular weight excluding hydrogens is 370 g/mol. The number of Topliss-reactive ketones (excluding diaryl/α,β-unsaturated/α-hetero) is 1. The van der Waals surface area contributed by atoms with Crippen LogP contribution in [0, 0.1) is 0 Å². The van der Waals surface area contributed by atoms with Crippen LogP contribution in [0.25, 0.3) is 11.1 Å². The van der Waals surface area contributed by atoms with Crippen LogP contribution in [0.15, 0.2) is 54.6 Å². The van der Waals surface area contributed by atoms with E-state index in [0.29, 0.717) is 10.7 Å². The van der Waals surface area contributed by atoms with Gasteiger partial charge in [-0.05, 0) is 29.8 Å². The fourth-order valence-corrected chi connectivity index (χ4v) is 2.81. The minimum absolute atomic E-state index is 0.0602. The number of thiocarbonyl (C=S) groups is 1. The fraction of sp³-hybridized carbons (Fsp3) is 0.318. The van der Waals surface area contributed by atoms with Gasteiger partial charge in [0.1, 0.15) is 0 Å². The number of amides is 1. The smallest absolute Gasteiger partial charge is 0.238 e. The molecule has 2 aromatic carbocycles. The van der Waals surface area contributed by atoms with Gasteiger partial charge in [0, 0.05) is 24.9 Å². The van der Waals surface area contributed by atoms with Crippen molar-refractivity contribution in [2.75, 3.05) is 6.54 Å². The van der Waals surface area contributed by atoms with Gasteiger partial charge in [-0.2, -0.15) is 0 Å². The summed E-state index contributed by atoms with van der Waals surface area (Å²) in [4.78, 5) is 24.2. The third kappa shape index (κ3) is 7.48. The maximum atomic E-state index is 12.3. The lowest BCUT2D eigenvalue weighted by atomic mass is 10.0. The summed E-state index contributed by atoms with van der Waals surface area (Å²) in [6.07, 6.45) is 3.56. The molecule has 0 unspecified atom stereocenters. The summed E-state index contributed by atoms with van der Waals surface area (Å²) in [5, 5.41) is 3.40. The predicted octanol–water partition coefficient (Wildman–Crippen LogP) is 4.00. The SMILES string of the molecule is CCCCCNC(=S)NNC(=O)CCC(=O)c1ccc(-c2ccccc2)cc1. The second kappa shape index (κ2) is 11.9. The highest BCUT2D eigenvalue weighted by Crippen LogP contribution is 2.19. The Morgan fingerprint density at radius 1 is 0.857 bits per heavy atom. The average molecular weight is 398 g/mol. The van der Waals surface area contributed by atoms with Crippen molar-refractivity contribution in [2.24, 2.45) is 0 Å². The lowest BCUT2D eigenvalue weighted by molar-refractivity contribution is -0.121. The van der Waals surface area contributed by atoms with E-state index in [1.165, 1.54) is 0 Å². The quantitative estimate of drug-likeness (QED) is 0.258. The highest BCUT2D eigenvalue weighted by atomic mass is 32.1. The Hall–Kier alpha value is -2.73. The summed E-state index contributed by atoms with van der Waals surface area (Å²) in [6, 6.07) is 17.4. The second-order valence-electron chi connectivity index (χ2n) is 6.50. The number of nitrogens with one attached hydrogen (secondary N) is 3. The van der Waals surface area contributed by atoms with Crippen molar-refractivity contribution in [1.29, 1.82) is 0 Å². The molecule has 5 nitrogen and oxygen atoms in total. The molecule has 2 rings (SSSR count).